The van der Waals surface area contributed by atoms with Crippen LogP contribution < -0.4 is 21.3 Å². The summed E-state index contributed by atoms with van der Waals surface area (Å²) >= 11 is 0. The van der Waals surface area contributed by atoms with Crippen LogP contribution in [0.5, 0.6) is 0 Å². The molecule has 30 heavy (non-hydrogen) atoms. The van der Waals surface area contributed by atoms with Crippen molar-refractivity contribution >= 4 is 28.4 Å². The maximum atomic E-state index is 3.46. The molecule has 0 bridgehead atoms. The highest BCUT2D eigenvalue weighted by molar-refractivity contribution is 5.62. The molecular formula is C26H28N4. The van der Waals surface area contributed by atoms with Crippen molar-refractivity contribution in [1.29, 1.82) is 0 Å². The fourth-order valence-electron chi connectivity index (χ4n) is 3.32. The summed E-state index contributed by atoms with van der Waals surface area (Å²) in [7, 11) is 0. The fraction of sp³-hybridized carbons (Fsp3) is 0.154. The van der Waals surface area contributed by atoms with E-state index in [-0.39, 0.29) is 0 Å². The zero-order valence-electron chi connectivity index (χ0n) is 17.1. The van der Waals surface area contributed by atoms with Gasteiger partial charge in [0.05, 0.1) is 0 Å². The van der Waals surface area contributed by atoms with Gasteiger partial charge in [-0.15, -0.1) is 0 Å². The van der Waals surface area contributed by atoms with Crippen molar-refractivity contribution in [2.75, 3.05) is 34.4 Å². The Morgan fingerprint density at radius 1 is 0.533 bits per heavy atom. The SMILES string of the molecule is C1=CC(Nc2ccc(NCCNc3ccc(Nc4ccccc4)cc3)cc2)=CCC1. The van der Waals surface area contributed by atoms with Crippen molar-refractivity contribution in [2.24, 2.45) is 0 Å². The second kappa shape index (κ2) is 10.2. The highest BCUT2D eigenvalue weighted by Crippen LogP contribution is 2.19. The number of nitrogens with one attached hydrogen (secondary N) is 4. The molecule has 3 aromatic rings. The lowest BCUT2D eigenvalue weighted by Gasteiger charge is -2.12. The minimum absolute atomic E-state index is 0.850. The van der Waals surface area contributed by atoms with Crippen LogP contribution in [-0.4, -0.2) is 13.1 Å². The Labute approximate surface area is 178 Å². The number of hydrogen-bond acceptors (Lipinski definition) is 4. The van der Waals surface area contributed by atoms with Gasteiger partial charge in [0.1, 0.15) is 0 Å². The fourth-order valence-corrected chi connectivity index (χ4v) is 3.32. The Bertz CT molecular complexity index is 974. The van der Waals surface area contributed by atoms with Gasteiger partial charge in [-0.1, -0.05) is 30.4 Å². The van der Waals surface area contributed by atoms with Gasteiger partial charge < -0.3 is 21.3 Å². The second-order valence-electron chi connectivity index (χ2n) is 7.26. The van der Waals surface area contributed by atoms with E-state index in [1.54, 1.807) is 0 Å². The third kappa shape index (κ3) is 5.92. The largest absolute Gasteiger partial charge is 0.383 e. The average Bonchev–Trinajstić information content (AvgIpc) is 2.80. The molecule has 0 spiro atoms. The van der Waals surface area contributed by atoms with Gasteiger partial charge in [-0.05, 0) is 79.6 Å². The maximum absolute atomic E-state index is 3.46. The third-order valence-electron chi connectivity index (χ3n) is 4.90. The lowest BCUT2D eigenvalue weighted by Crippen LogP contribution is -2.13. The Hall–Kier alpha value is -3.66. The molecule has 0 aliphatic heterocycles. The predicted octanol–water partition coefficient (Wildman–Crippen LogP) is 6.60. The lowest BCUT2D eigenvalue weighted by molar-refractivity contribution is 1.02. The van der Waals surface area contributed by atoms with Crippen LogP contribution in [0.15, 0.2) is 103 Å². The molecule has 0 atom stereocenters. The second-order valence-corrected chi connectivity index (χ2v) is 7.26. The molecule has 0 heterocycles. The molecule has 1 aliphatic rings. The summed E-state index contributed by atoms with van der Waals surface area (Å²) in [6, 6.07) is 27.0. The number of para-hydroxylation sites is 1. The van der Waals surface area contributed by atoms with Gasteiger partial charge in [0.15, 0.2) is 0 Å². The van der Waals surface area contributed by atoms with E-state index in [9.17, 15) is 0 Å². The number of benzene rings is 3. The van der Waals surface area contributed by atoms with Crippen molar-refractivity contribution in [3.05, 3.63) is 103 Å². The minimum atomic E-state index is 0.850. The zero-order chi connectivity index (χ0) is 20.4. The van der Waals surface area contributed by atoms with E-state index in [1.807, 2.05) is 18.2 Å². The molecule has 4 heteroatoms. The molecule has 0 saturated heterocycles. The molecule has 3 aromatic carbocycles. The highest BCUT2D eigenvalue weighted by atomic mass is 15.0. The molecule has 0 saturated carbocycles. The monoisotopic (exact) mass is 396 g/mol. The number of hydrogen-bond donors (Lipinski definition) is 4. The van der Waals surface area contributed by atoms with Crippen LogP contribution in [-0.2, 0) is 0 Å². The van der Waals surface area contributed by atoms with Gasteiger partial charge in [-0.2, -0.15) is 0 Å². The molecule has 152 valence electrons. The molecule has 0 amide bonds. The first-order chi connectivity index (χ1) is 14.8. The van der Waals surface area contributed by atoms with Crippen molar-refractivity contribution in [1.82, 2.24) is 0 Å². The van der Waals surface area contributed by atoms with Crippen LogP contribution in [0.25, 0.3) is 0 Å². The first kappa shape index (κ1) is 19.6. The lowest BCUT2D eigenvalue weighted by atomic mass is 10.1. The Morgan fingerprint density at radius 3 is 1.63 bits per heavy atom. The van der Waals surface area contributed by atoms with Crippen LogP contribution in [0.1, 0.15) is 12.8 Å². The Morgan fingerprint density at radius 2 is 1.07 bits per heavy atom. The van der Waals surface area contributed by atoms with Gasteiger partial charge >= 0.3 is 0 Å². The first-order valence-corrected chi connectivity index (χ1v) is 10.5. The van der Waals surface area contributed by atoms with E-state index >= 15 is 0 Å². The molecule has 1 aliphatic carbocycles. The topological polar surface area (TPSA) is 48.1 Å². The van der Waals surface area contributed by atoms with Crippen molar-refractivity contribution in [3.63, 3.8) is 0 Å². The maximum Gasteiger partial charge on any atom is 0.0385 e. The van der Waals surface area contributed by atoms with Gasteiger partial charge in [0.2, 0.25) is 0 Å². The zero-order valence-corrected chi connectivity index (χ0v) is 17.1. The van der Waals surface area contributed by atoms with E-state index in [2.05, 4.69) is 100 Å². The quantitative estimate of drug-likeness (QED) is 0.308. The van der Waals surface area contributed by atoms with Crippen LogP contribution in [0, 0.1) is 0 Å². The van der Waals surface area contributed by atoms with Gasteiger partial charge in [0.25, 0.3) is 0 Å². The normalized spacial score (nSPS) is 12.7. The van der Waals surface area contributed by atoms with Crippen LogP contribution in [0.2, 0.25) is 0 Å². The molecule has 0 fully saturated rings. The summed E-state index contributed by atoms with van der Waals surface area (Å²) in [6.07, 6.45) is 8.83. The van der Waals surface area contributed by atoms with E-state index in [1.165, 1.54) is 5.70 Å². The smallest absolute Gasteiger partial charge is 0.0385 e. The third-order valence-corrected chi connectivity index (χ3v) is 4.90. The molecule has 0 unspecified atom stereocenters. The summed E-state index contributed by atoms with van der Waals surface area (Å²) < 4.78 is 0. The van der Waals surface area contributed by atoms with Crippen molar-refractivity contribution in [3.8, 4) is 0 Å². The van der Waals surface area contributed by atoms with Crippen LogP contribution in [0.3, 0.4) is 0 Å². The Kier molecular flexibility index (Phi) is 6.69. The summed E-state index contributed by atoms with van der Waals surface area (Å²) in [5, 5.41) is 13.8. The van der Waals surface area contributed by atoms with E-state index in [0.717, 1.165) is 54.4 Å². The Balaban J connectivity index is 1.18. The number of rotatable bonds is 9. The number of allylic oxidation sites excluding steroid dienone is 3. The molecule has 4 rings (SSSR count). The molecule has 4 N–H and O–H groups in total. The molecule has 0 aromatic heterocycles. The summed E-state index contributed by atoms with van der Waals surface area (Å²) in [6.45, 7) is 1.70. The van der Waals surface area contributed by atoms with E-state index < -0.39 is 0 Å². The van der Waals surface area contributed by atoms with Gasteiger partial charge in [0, 0.05) is 47.2 Å². The van der Waals surface area contributed by atoms with E-state index in [0.29, 0.717) is 0 Å². The predicted molar refractivity (Wildman–Crippen MR) is 130 cm³/mol. The highest BCUT2D eigenvalue weighted by Gasteiger charge is 1.99. The number of anilines is 5. The summed E-state index contributed by atoms with van der Waals surface area (Å²) in [5.41, 5.74) is 6.70. The van der Waals surface area contributed by atoms with E-state index in [4.69, 9.17) is 0 Å². The summed E-state index contributed by atoms with van der Waals surface area (Å²) in [5.74, 6) is 0. The average molecular weight is 397 g/mol. The van der Waals surface area contributed by atoms with Gasteiger partial charge in [-0.3, -0.25) is 0 Å². The minimum Gasteiger partial charge on any atom is -0.383 e. The van der Waals surface area contributed by atoms with Crippen molar-refractivity contribution < 1.29 is 0 Å². The van der Waals surface area contributed by atoms with Crippen LogP contribution in [0.4, 0.5) is 28.4 Å². The first-order valence-electron chi connectivity index (χ1n) is 10.5. The molecule has 4 nitrogen and oxygen atoms in total. The summed E-state index contributed by atoms with van der Waals surface area (Å²) in [4.78, 5) is 0. The molecule has 0 radical (unpaired) electrons. The standard InChI is InChI=1S/C26H28N4/c1-3-7-23(8-4-1)29-25-15-11-21(12-16-25)27-19-20-28-22-13-17-26(18-14-22)30-24-9-5-2-6-10-24/h1,3-5,7-18,27-30H,2,6,19-20H2. The molecular weight excluding hydrogens is 368 g/mol. The van der Waals surface area contributed by atoms with Gasteiger partial charge in [-0.25, -0.2) is 0 Å². The van der Waals surface area contributed by atoms with Crippen LogP contribution >= 0.6 is 0 Å². The van der Waals surface area contributed by atoms with Crippen molar-refractivity contribution in [2.45, 2.75) is 12.8 Å².